The molecule has 14 heavy (non-hydrogen) atoms. The van der Waals surface area contributed by atoms with E-state index in [1.807, 2.05) is 0 Å². The van der Waals surface area contributed by atoms with Gasteiger partial charge in [-0.05, 0) is 23.8 Å². The van der Waals surface area contributed by atoms with Crippen molar-refractivity contribution in [3.8, 4) is 5.75 Å². The first-order valence-corrected chi connectivity index (χ1v) is 5.08. The van der Waals surface area contributed by atoms with Crippen LogP contribution >= 0.6 is 0 Å². The fourth-order valence-corrected chi connectivity index (χ4v) is 2.08. The van der Waals surface area contributed by atoms with E-state index in [1.165, 1.54) is 24.1 Å². The van der Waals surface area contributed by atoms with Crippen LogP contribution in [0.15, 0.2) is 18.2 Å². The lowest BCUT2D eigenvalue weighted by Gasteiger charge is -2.34. The molecule has 0 radical (unpaired) electrons. The number of nitrogens with zero attached hydrogens (tertiary/aromatic N) is 1. The Balaban J connectivity index is 2.32. The summed E-state index contributed by atoms with van der Waals surface area (Å²) in [6, 6.07) is 6.44. The predicted molar refractivity (Wildman–Crippen MR) is 57.4 cm³/mol. The summed E-state index contributed by atoms with van der Waals surface area (Å²) in [6.07, 6.45) is 1.17. The minimum absolute atomic E-state index is 0.982. The van der Waals surface area contributed by atoms with Gasteiger partial charge in [0.25, 0.3) is 0 Å². The van der Waals surface area contributed by atoms with Gasteiger partial charge in [0.1, 0.15) is 12.3 Å². The second-order valence-electron chi connectivity index (χ2n) is 4.70. The Bertz CT molecular complexity index is 344. The topological polar surface area (TPSA) is 9.23 Å². The zero-order valence-corrected chi connectivity index (χ0v) is 9.21. The molecule has 0 fully saturated rings. The lowest BCUT2D eigenvalue weighted by Crippen LogP contribution is -2.43. The van der Waals surface area contributed by atoms with Crippen LogP contribution in [-0.2, 0) is 13.0 Å². The largest absolute Gasteiger partial charge is 0.497 e. The molecule has 0 N–H and O–H groups in total. The fraction of sp³-hybridized carbons (Fsp3) is 0.500. The third-order valence-corrected chi connectivity index (χ3v) is 3.00. The van der Waals surface area contributed by atoms with Crippen LogP contribution in [0.2, 0.25) is 0 Å². The van der Waals surface area contributed by atoms with E-state index < -0.39 is 0 Å². The van der Waals surface area contributed by atoms with Crippen molar-refractivity contribution >= 4 is 0 Å². The van der Waals surface area contributed by atoms with Crippen molar-refractivity contribution in [2.45, 2.75) is 13.0 Å². The maximum absolute atomic E-state index is 5.23. The van der Waals surface area contributed by atoms with E-state index in [1.54, 1.807) is 7.11 Å². The van der Waals surface area contributed by atoms with Crippen molar-refractivity contribution in [3.63, 3.8) is 0 Å². The van der Waals surface area contributed by atoms with Crippen molar-refractivity contribution in [2.24, 2.45) is 0 Å². The van der Waals surface area contributed by atoms with E-state index in [0.717, 1.165) is 16.8 Å². The van der Waals surface area contributed by atoms with Gasteiger partial charge in [-0.2, -0.15) is 0 Å². The molecule has 0 spiro atoms. The summed E-state index contributed by atoms with van der Waals surface area (Å²) in [5.74, 6) is 0.982. The van der Waals surface area contributed by atoms with E-state index in [9.17, 15) is 0 Å². The number of methoxy groups -OCH3 is 1. The lowest BCUT2D eigenvalue weighted by molar-refractivity contribution is -0.905. The minimum atomic E-state index is 0.982. The van der Waals surface area contributed by atoms with Crippen molar-refractivity contribution in [1.82, 2.24) is 0 Å². The van der Waals surface area contributed by atoms with Gasteiger partial charge in [0.15, 0.2) is 0 Å². The van der Waals surface area contributed by atoms with E-state index in [0.29, 0.717) is 0 Å². The van der Waals surface area contributed by atoms with Gasteiger partial charge < -0.3 is 9.22 Å². The molecular weight excluding hydrogens is 174 g/mol. The highest BCUT2D eigenvalue weighted by molar-refractivity contribution is 5.36. The molecule has 0 aromatic heterocycles. The maximum atomic E-state index is 5.23. The summed E-state index contributed by atoms with van der Waals surface area (Å²) in [5, 5.41) is 0. The van der Waals surface area contributed by atoms with Crippen LogP contribution in [0, 0.1) is 0 Å². The number of fused-ring (bicyclic) bond motifs is 1. The zero-order chi connectivity index (χ0) is 10.2. The molecule has 0 atom stereocenters. The molecule has 0 aliphatic carbocycles. The molecule has 1 aromatic rings. The normalized spacial score (nSPS) is 18.8. The predicted octanol–water partition coefficient (Wildman–Crippen LogP) is 1.83. The third kappa shape index (κ3) is 1.75. The number of ether oxygens (including phenoxy) is 1. The summed E-state index contributed by atoms with van der Waals surface area (Å²) < 4.78 is 6.32. The summed E-state index contributed by atoms with van der Waals surface area (Å²) >= 11 is 0. The molecule has 1 aliphatic rings. The highest BCUT2D eigenvalue weighted by Crippen LogP contribution is 2.25. The number of hydrogen-bond donors (Lipinski definition) is 0. The number of rotatable bonds is 1. The second kappa shape index (κ2) is 3.28. The third-order valence-electron chi connectivity index (χ3n) is 3.00. The highest BCUT2D eigenvalue weighted by Gasteiger charge is 2.23. The van der Waals surface area contributed by atoms with Crippen molar-refractivity contribution in [2.75, 3.05) is 27.7 Å². The van der Waals surface area contributed by atoms with Crippen LogP contribution < -0.4 is 4.74 Å². The summed E-state index contributed by atoms with van der Waals surface area (Å²) in [7, 11) is 6.30. The molecule has 1 aliphatic heterocycles. The second-order valence-corrected chi connectivity index (χ2v) is 4.70. The molecular formula is C12H18NO+. The lowest BCUT2D eigenvalue weighted by atomic mass is 9.98. The molecule has 2 heteroatoms. The number of quaternary nitrogens is 1. The Kier molecular flexibility index (Phi) is 2.23. The Labute approximate surface area is 85.7 Å². The van der Waals surface area contributed by atoms with Crippen LogP contribution in [0.5, 0.6) is 5.75 Å². The molecule has 2 rings (SSSR count). The van der Waals surface area contributed by atoms with Gasteiger partial charge in [0.05, 0.1) is 27.7 Å². The van der Waals surface area contributed by atoms with Gasteiger partial charge >= 0.3 is 0 Å². The molecule has 0 saturated carbocycles. The Hall–Kier alpha value is -1.02. The van der Waals surface area contributed by atoms with Crippen LogP contribution in [-0.4, -0.2) is 32.2 Å². The zero-order valence-electron chi connectivity index (χ0n) is 9.21. The fourth-order valence-electron chi connectivity index (χ4n) is 2.08. The Morgan fingerprint density at radius 3 is 2.71 bits per heavy atom. The first-order valence-electron chi connectivity index (χ1n) is 5.08. The van der Waals surface area contributed by atoms with Gasteiger partial charge in [0.2, 0.25) is 0 Å². The Morgan fingerprint density at radius 1 is 1.21 bits per heavy atom. The van der Waals surface area contributed by atoms with Gasteiger partial charge in [-0.15, -0.1) is 0 Å². The molecule has 76 valence electrons. The van der Waals surface area contributed by atoms with Gasteiger partial charge in [-0.1, -0.05) is 0 Å². The van der Waals surface area contributed by atoms with Crippen LogP contribution in [0.1, 0.15) is 11.1 Å². The molecule has 1 heterocycles. The van der Waals surface area contributed by atoms with Crippen LogP contribution in [0.4, 0.5) is 0 Å². The first-order chi connectivity index (χ1) is 6.61. The van der Waals surface area contributed by atoms with Gasteiger partial charge in [-0.25, -0.2) is 0 Å². The van der Waals surface area contributed by atoms with Crippen LogP contribution in [0.25, 0.3) is 0 Å². The standard InChI is InChI=1S/C12H18NO/c1-13(2)7-6-10-8-12(14-3)5-4-11(10)9-13/h4-5,8H,6-7,9H2,1-3H3/q+1. The highest BCUT2D eigenvalue weighted by atomic mass is 16.5. The molecule has 0 bridgehead atoms. The molecule has 0 amide bonds. The summed E-state index contributed by atoms with van der Waals surface area (Å²) in [4.78, 5) is 0. The van der Waals surface area contributed by atoms with E-state index >= 15 is 0 Å². The van der Waals surface area contributed by atoms with Crippen molar-refractivity contribution in [1.29, 1.82) is 0 Å². The van der Waals surface area contributed by atoms with Gasteiger partial charge in [-0.3, -0.25) is 0 Å². The molecule has 2 nitrogen and oxygen atoms in total. The Morgan fingerprint density at radius 2 is 2.00 bits per heavy atom. The van der Waals surface area contributed by atoms with Crippen LogP contribution in [0.3, 0.4) is 0 Å². The molecule has 1 aromatic carbocycles. The number of likely N-dealkylation sites (N-methyl/N-ethyl adjacent to an activating group) is 1. The first kappa shape index (κ1) is 9.53. The van der Waals surface area contributed by atoms with Crippen molar-refractivity contribution in [3.05, 3.63) is 29.3 Å². The SMILES string of the molecule is COc1ccc2c(c1)CC[N+](C)(C)C2. The quantitative estimate of drug-likeness (QED) is 0.617. The van der Waals surface area contributed by atoms with Gasteiger partial charge in [0, 0.05) is 12.0 Å². The van der Waals surface area contributed by atoms with Crippen molar-refractivity contribution < 1.29 is 9.22 Å². The maximum Gasteiger partial charge on any atom is 0.119 e. The number of benzene rings is 1. The average Bonchev–Trinajstić information content (AvgIpc) is 2.16. The molecule has 0 saturated heterocycles. The molecule has 0 unspecified atom stereocenters. The van der Waals surface area contributed by atoms with E-state index in [4.69, 9.17) is 4.74 Å². The van der Waals surface area contributed by atoms with E-state index in [2.05, 4.69) is 32.3 Å². The monoisotopic (exact) mass is 192 g/mol. The summed E-state index contributed by atoms with van der Waals surface area (Å²) in [6.45, 7) is 2.36. The van der Waals surface area contributed by atoms with E-state index in [-0.39, 0.29) is 0 Å². The minimum Gasteiger partial charge on any atom is -0.497 e. The average molecular weight is 192 g/mol. The smallest absolute Gasteiger partial charge is 0.119 e. The number of hydrogen-bond acceptors (Lipinski definition) is 1. The summed E-state index contributed by atoms with van der Waals surface area (Å²) in [5.41, 5.74) is 2.93.